The highest BCUT2D eigenvalue weighted by atomic mass is 32.2. The molecule has 0 bridgehead atoms. The molecule has 1 aromatic carbocycles. The van der Waals surface area contributed by atoms with Crippen LogP contribution < -0.4 is 0 Å². The Bertz CT molecular complexity index is 1000. The predicted octanol–water partition coefficient (Wildman–Crippen LogP) is 5.73. The van der Waals surface area contributed by atoms with Gasteiger partial charge in [-0.3, -0.25) is 4.79 Å². The van der Waals surface area contributed by atoms with Crippen LogP contribution in [0, 0.1) is 11.3 Å². The molecule has 1 heterocycles. The number of carboxylic acids is 1. The molecule has 5 heteroatoms. The SMILES string of the molecule is C/C=C\C=C(/C)c1nc(SC(C(=O)O)c2ccccc2)c(C#N)c2c1CCCC2. The topological polar surface area (TPSA) is 74.0 Å². The minimum Gasteiger partial charge on any atom is -0.480 e. The summed E-state index contributed by atoms with van der Waals surface area (Å²) in [4.78, 5) is 16.8. The second-order valence-corrected chi connectivity index (χ2v) is 8.13. The minimum atomic E-state index is -0.938. The minimum absolute atomic E-state index is 0.507. The van der Waals surface area contributed by atoms with Gasteiger partial charge in [0.15, 0.2) is 0 Å². The zero-order valence-corrected chi connectivity index (χ0v) is 17.5. The largest absolute Gasteiger partial charge is 0.480 e. The maximum atomic E-state index is 12.0. The van der Waals surface area contributed by atoms with Crippen LogP contribution >= 0.6 is 11.8 Å². The van der Waals surface area contributed by atoms with Crippen LogP contribution in [0.5, 0.6) is 0 Å². The summed E-state index contributed by atoms with van der Waals surface area (Å²) in [6.45, 7) is 3.98. The van der Waals surface area contributed by atoms with E-state index in [0.717, 1.165) is 59.8 Å². The fourth-order valence-corrected chi connectivity index (χ4v) is 4.69. The average Bonchev–Trinajstić information content (AvgIpc) is 2.75. The number of fused-ring (bicyclic) bond motifs is 1. The molecule has 3 rings (SSSR count). The Morgan fingerprint density at radius 2 is 1.93 bits per heavy atom. The second-order valence-electron chi connectivity index (χ2n) is 7.04. The first-order chi connectivity index (χ1) is 14.1. The van der Waals surface area contributed by atoms with Gasteiger partial charge in [0.25, 0.3) is 0 Å². The summed E-state index contributed by atoms with van der Waals surface area (Å²) >= 11 is 1.15. The lowest BCUT2D eigenvalue weighted by atomic mass is 9.86. The molecule has 0 saturated carbocycles. The zero-order chi connectivity index (χ0) is 20.8. The van der Waals surface area contributed by atoms with E-state index in [1.54, 1.807) is 12.1 Å². The number of pyridine rings is 1. The molecule has 0 radical (unpaired) electrons. The molecule has 0 fully saturated rings. The van der Waals surface area contributed by atoms with E-state index in [9.17, 15) is 15.2 Å². The number of carbonyl (C=O) groups is 1. The Morgan fingerprint density at radius 1 is 1.24 bits per heavy atom. The third-order valence-electron chi connectivity index (χ3n) is 5.06. The number of rotatable bonds is 6. The molecule has 2 aromatic rings. The number of benzene rings is 1. The first-order valence-electron chi connectivity index (χ1n) is 9.77. The first-order valence-corrected chi connectivity index (χ1v) is 10.6. The highest BCUT2D eigenvalue weighted by Gasteiger charge is 2.28. The molecule has 4 nitrogen and oxygen atoms in total. The van der Waals surface area contributed by atoms with Crippen molar-refractivity contribution in [1.29, 1.82) is 5.26 Å². The second kappa shape index (κ2) is 9.58. The van der Waals surface area contributed by atoms with Gasteiger partial charge in [0.1, 0.15) is 16.3 Å². The van der Waals surface area contributed by atoms with Gasteiger partial charge >= 0.3 is 5.97 Å². The molecule has 1 aliphatic rings. The van der Waals surface area contributed by atoms with Gasteiger partial charge in [0.2, 0.25) is 0 Å². The van der Waals surface area contributed by atoms with Crippen molar-refractivity contribution in [2.75, 3.05) is 0 Å². The maximum Gasteiger partial charge on any atom is 0.321 e. The molecule has 0 spiro atoms. The Morgan fingerprint density at radius 3 is 2.55 bits per heavy atom. The lowest BCUT2D eigenvalue weighted by molar-refractivity contribution is -0.136. The molecular formula is C24H24N2O2S. The number of aromatic nitrogens is 1. The summed E-state index contributed by atoms with van der Waals surface area (Å²) < 4.78 is 0. The number of carboxylic acid groups (broad SMARTS) is 1. The summed E-state index contributed by atoms with van der Waals surface area (Å²) in [7, 11) is 0. The number of nitrogens with zero attached hydrogens (tertiary/aromatic N) is 2. The van der Waals surface area contributed by atoms with Gasteiger partial charge in [0.05, 0.1) is 11.3 Å². The molecule has 0 aliphatic heterocycles. The van der Waals surface area contributed by atoms with Crippen LogP contribution in [0.25, 0.3) is 5.57 Å². The van der Waals surface area contributed by atoms with E-state index in [1.807, 2.05) is 50.3 Å². The highest BCUT2D eigenvalue weighted by molar-refractivity contribution is 8.00. The molecule has 0 saturated heterocycles. The highest BCUT2D eigenvalue weighted by Crippen LogP contribution is 2.40. The van der Waals surface area contributed by atoms with Crippen LogP contribution in [-0.4, -0.2) is 16.1 Å². The maximum absolute atomic E-state index is 12.0. The summed E-state index contributed by atoms with van der Waals surface area (Å²) in [6.07, 6.45) is 9.81. The van der Waals surface area contributed by atoms with Crippen molar-refractivity contribution in [1.82, 2.24) is 4.98 Å². The number of aliphatic carboxylic acids is 1. The smallest absolute Gasteiger partial charge is 0.321 e. The summed E-state index contributed by atoms with van der Waals surface area (Å²) in [5.41, 5.74) is 5.32. The molecule has 0 amide bonds. The molecule has 29 heavy (non-hydrogen) atoms. The van der Waals surface area contributed by atoms with Crippen molar-refractivity contribution in [3.63, 3.8) is 0 Å². The number of nitriles is 1. The third kappa shape index (κ3) is 4.60. The first kappa shape index (κ1) is 20.9. The monoisotopic (exact) mass is 404 g/mol. The molecular weight excluding hydrogens is 380 g/mol. The van der Waals surface area contributed by atoms with Gasteiger partial charge in [0, 0.05) is 0 Å². The third-order valence-corrected chi connectivity index (χ3v) is 6.29. The molecule has 1 N–H and O–H groups in total. The normalized spacial score (nSPS) is 15.0. The van der Waals surface area contributed by atoms with E-state index in [4.69, 9.17) is 4.98 Å². The summed E-state index contributed by atoms with van der Waals surface area (Å²) in [5, 5.41) is 19.4. The number of allylic oxidation sites excluding steroid dienone is 4. The van der Waals surface area contributed by atoms with Crippen LogP contribution in [0.15, 0.2) is 53.6 Å². The Labute approximate surface area is 176 Å². The van der Waals surface area contributed by atoms with E-state index in [2.05, 4.69) is 6.07 Å². The average molecular weight is 405 g/mol. The van der Waals surface area contributed by atoms with Crippen molar-refractivity contribution in [3.8, 4) is 6.07 Å². The van der Waals surface area contributed by atoms with Gasteiger partial charge in [-0.25, -0.2) is 4.98 Å². The van der Waals surface area contributed by atoms with Crippen LogP contribution in [-0.2, 0) is 17.6 Å². The fraction of sp³-hybridized carbons (Fsp3) is 0.292. The number of hydrogen-bond donors (Lipinski definition) is 1. The number of thioether (sulfide) groups is 1. The zero-order valence-electron chi connectivity index (χ0n) is 16.7. The summed E-state index contributed by atoms with van der Waals surface area (Å²) in [6, 6.07) is 11.4. The van der Waals surface area contributed by atoms with Crippen LogP contribution in [0.4, 0.5) is 0 Å². The van der Waals surface area contributed by atoms with Gasteiger partial charge in [-0.1, -0.05) is 60.3 Å². The Hall–Kier alpha value is -2.84. The Kier molecular flexibility index (Phi) is 6.90. The van der Waals surface area contributed by atoms with Gasteiger partial charge in [-0.2, -0.15) is 5.26 Å². The van der Waals surface area contributed by atoms with Gasteiger partial charge in [-0.05, 0) is 61.8 Å². The Balaban J connectivity index is 2.15. The lowest BCUT2D eigenvalue weighted by Gasteiger charge is -2.23. The van der Waals surface area contributed by atoms with Crippen molar-refractivity contribution in [2.24, 2.45) is 0 Å². The van der Waals surface area contributed by atoms with E-state index >= 15 is 0 Å². The van der Waals surface area contributed by atoms with Crippen LogP contribution in [0.3, 0.4) is 0 Å². The molecule has 1 unspecified atom stereocenters. The van der Waals surface area contributed by atoms with E-state index in [0.29, 0.717) is 16.2 Å². The molecule has 148 valence electrons. The van der Waals surface area contributed by atoms with Crippen molar-refractivity contribution >= 4 is 23.3 Å². The van der Waals surface area contributed by atoms with E-state index < -0.39 is 11.2 Å². The van der Waals surface area contributed by atoms with E-state index in [1.165, 1.54) is 0 Å². The number of hydrogen-bond acceptors (Lipinski definition) is 4. The molecule has 1 atom stereocenters. The van der Waals surface area contributed by atoms with Gasteiger partial charge in [-0.15, -0.1) is 0 Å². The fourth-order valence-electron chi connectivity index (χ4n) is 3.64. The van der Waals surface area contributed by atoms with Crippen LogP contribution in [0.2, 0.25) is 0 Å². The predicted molar refractivity (Wildman–Crippen MR) is 117 cm³/mol. The molecule has 1 aliphatic carbocycles. The quantitative estimate of drug-likeness (QED) is 0.492. The van der Waals surface area contributed by atoms with Crippen molar-refractivity contribution in [3.05, 3.63) is 76.5 Å². The lowest BCUT2D eigenvalue weighted by Crippen LogP contribution is -2.14. The summed E-state index contributed by atoms with van der Waals surface area (Å²) in [5.74, 6) is -0.938. The van der Waals surface area contributed by atoms with Crippen molar-refractivity contribution in [2.45, 2.75) is 49.8 Å². The van der Waals surface area contributed by atoms with E-state index in [-0.39, 0.29) is 0 Å². The van der Waals surface area contributed by atoms with Crippen LogP contribution in [0.1, 0.15) is 59.9 Å². The molecule has 1 aromatic heterocycles. The standard InChI is InChI=1S/C24H24N2O2S/c1-3-4-10-16(2)21-19-14-9-8-13-18(19)20(15-25)23(26-21)29-22(24(27)28)17-11-6-5-7-12-17/h3-7,10-12,22H,8-9,13-14H2,1-2H3,(H,27,28)/b4-3-,16-10+. The van der Waals surface area contributed by atoms with Crippen molar-refractivity contribution < 1.29 is 9.90 Å². The van der Waals surface area contributed by atoms with Gasteiger partial charge < -0.3 is 5.11 Å².